The molecule has 0 aliphatic carbocycles. The Morgan fingerprint density at radius 3 is 2.80 bits per heavy atom. The van der Waals surface area contributed by atoms with Gasteiger partial charge < -0.3 is 14.5 Å². The van der Waals surface area contributed by atoms with Gasteiger partial charge >= 0.3 is 0 Å². The van der Waals surface area contributed by atoms with Crippen molar-refractivity contribution in [3.63, 3.8) is 0 Å². The SMILES string of the molecule is CCN(C)C(=O)C1CC(=O)N(c2ccccc2OC)C1. The predicted octanol–water partition coefficient (Wildman–Crippen LogP) is 1.53. The summed E-state index contributed by atoms with van der Waals surface area (Å²) in [6, 6.07) is 7.37. The first kappa shape index (κ1) is 14.4. The average Bonchev–Trinajstić information content (AvgIpc) is 2.87. The lowest BCUT2D eigenvalue weighted by atomic mass is 10.1. The number of anilines is 1. The lowest BCUT2D eigenvalue weighted by Crippen LogP contribution is -2.34. The summed E-state index contributed by atoms with van der Waals surface area (Å²) in [5, 5.41) is 0. The van der Waals surface area contributed by atoms with Gasteiger partial charge in [-0.05, 0) is 19.1 Å². The van der Waals surface area contributed by atoms with Crippen molar-refractivity contribution in [1.82, 2.24) is 4.90 Å². The molecule has 0 aromatic heterocycles. The Hall–Kier alpha value is -2.04. The van der Waals surface area contributed by atoms with Gasteiger partial charge in [0, 0.05) is 26.6 Å². The van der Waals surface area contributed by atoms with Gasteiger partial charge in [-0.25, -0.2) is 0 Å². The Bertz CT molecular complexity index is 516. The smallest absolute Gasteiger partial charge is 0.227 e. The monoisotopic (exact) mass is 276 g/mol. The van der Waals surface area contributed by atoms with Gasteiger partial charge in [0.15, 0.2) is 0 Å². The first-order valence-electron chi connectivity index (χ1n) is 6.76. The second kappa shape index (κ2) is 5.94. The highest BCUT2D eigenvalue weighted by molar-refractivity contribution is 6.01. The van der Waals surface area contributed by atoms with Gasteiger partial charge in [0.25, 0.3) is 0 Å². The molecule has 1 heterocycles. The summed E-state index contributed by atoms with van der Waals surface area (Å²) in [4.78, 5) is 27.6. The maximum Gasteiger partial charge on any atom is 0.227 e. The number of para-hydroxylation sites is 2. The molecule has 20 heavy (non-hydrogen) atoms. The van der Waals surface area contributed by atoms with Crippen molar-refractivity contribution in [2.24, 2.45) is 5.92 Å². The summed E-state index contributed by atoms with van der Waals surface area (Å²) in [6.07, 6.45) is 0.265. The second-order valence-corrected chi connectivity index (χ2v) is 4.93. The zero-order chi connectivity index (χ0) is 14.7. The van der Waals surface area contributed by atoms with E-state index < -0.39 is 0 Å². The highest BCUT2D eigenvalue weighted by Gasteiger charge is 2.37. The van der Waals surface area contributed by atoms with E-state index in [1.807, 2.05) is 31.2 Å². The van der Waals surface area contributed by atoms with Crippen LogP contribution in [0, 0.1) is 5.92 Å². The normalized spacial score (nSPS) is 18.2. The molecule has 1 atom stereocenters. The lowest BCUT2D eigenvalue weighted by Gasteiger charge is -2.21. The first-order chi connectivity index (χ1) is 9.58. The van der Waals surface area contributed by atoms with Gasteiger partial charge in [0.1, 0.15) is 5.75 Å². The largest absolute Gasteiger partial charge is 0.495 e. The fraction of sp³-hybridized carbons (Fsp3) is 0.467. The molecule has 0 radical (unpaired) electrons. The minimum atomic E-state index is -0.266. The van der Waals surface area contributed by atoms with Crippen LogP contribution >= 0.6 is 0 Å². The van der Waals surface area contributed by atoms with Crippen molar-refractivity contribution in [2.75, 3.05) is 32.1 Å². The number of nitrogens with zero attached hydrogens (tertiary/aromatic N) is 2. The topological polar surface area (TPSA) is 49.9 Å². The highest BCUT2D eigenvalue weighted by atomic mass is 16.5. The molecule has 0 N–H and O–H groups in total. The van der Waals surface area contributed by atoms with E-state index in [2.05, 4.69) is 0 Å². The van der Waals surface area contributed by atoms with E-state index >= 15 is 0 Å². The van der Waals surface area contributed by atoms with Crippen LogP contribution in [0.5, 0.6) is 5.75 Å². The summed E-state index contributed by atoms with van der Waals surface area (Å²) in [5.41, 5.74) is 0.731. The second-order valence-electron chi connectivity index (χ2n) is 4.93. The quantitative estimate of drug-likeness (QED) is 0.838. The maximum absolute atomic E-state index is 12.2. The fourth-order valence-electron chi connectivity index (χ4n) is 2.43. The molecule has 0 saturated carbocycles. The Morgan fingerprint density at radius 1 is 1.45 bits per heavy atom. The summed E-state index contributed by atoms with van der Waals surface area (Å²) in [6.45, 7) is 2.99. The van der Waals surface area contributed by atoms with E-state index in [1.54, 1.807) is 24.0 Å². The minimum absolute atomic E-state index is 0.0262. The summed E-state index contributed by atoms with van der Waals surface area (Å²) < 4.78 is 5.28. The number of hydrogen-bond donors (Lipinski definition) is 0. The van der Waals surface area contributed by atoms with Crippen LogP contribution in [0.25, 0.3) is 0 Å². The van der Waals surface area contributed by atoms with Gasteiger partial charge in [-0.1, -0.05) is 12.1 Å². The Kier molecular flexibility index (Phi) is 4.27. The molecular formula is C15H20N2O3. The van der Waals surface area contributed by atoms with Gasteiger partial charge in [-0.3, -0.25) is 9.59 Å². The Morgan fingerprint density at radius 2 is 2.15 bits per heavy atom. The van der Waals surface area contributed by atoms with Crippen LogP contribution in [0.4, 0.5) is 5.69 Å². The van der Waals surface area contributed by atoms with Crippen molar-refractivity contribution >= 4 is 17.5 Å². The number of amides is 2. The molecule has 1 fully saturated rings. The molecule has 0 bridgehead atoms. The Balaban J connectivity index is 2.19. The number of carbonyl (C=O) groups excluding carboxylic acids is 2. The number of carbonyl (C=O) groups is 2. The summed E-state index contributed by atoms with van der Waals surface area (Å²) in [7, 11) is 3.34. The zero-order valence-corrected chi connectivity index (χ0v) is 12.1. The van der Waals surface area contributed by atoms with Crippen molar-refractivity contribution < 1.29 is 14.3 Å². The van der Waals surface area contributed by atoms with Gasteiger partial charge in [-0.15, -0.1) is 0 Å². The molecule has 2 amide bonds. The zero-order valence-electron chi connectivity index (χ0n) is 12.1. The molecule has 1 aliphatic rings. The van der Waals surface area contributed by atoms with Crippen LogP contribution in [0.2, 0.25) is 0 Å². The number of rotatable bonds is 4. The molecule has 1 saturated heterocycles. The number of ether oxygens (including phenoxy) is 1. The molecule has 108 valence electrons. The fourth-order valence-corrected chi connectivity index (χ4v) is 2.43. The molecule has 1 unspecified atom stereocenters. The number of methoxy groups -OCH3 is 1. The van der Waals surface area contributed by atoms with Gasteiger partial charge in [0.05, 0.1) is 18.7 Å². The van der Waals surface area contributed by atoms with E-state index in [9.17, 15) is 9.59 Å². The van der Waals surface area contributed by atoms with E-state index in [-0.39, 0.29) is 24.2 Å². The molecule has 5 heteroatoms. The van der Waals surface area contributed by atoms with E-state index in [0.29, 0.717) is 18.8 Å². The standard InChI is InChI=1S/C15H20N2O3/c1-4-16(2)15(19)11-9-14(18)17(10-11)12-7-5-6-8-13(12)20-3/h5-8,11H,4,9-10H2,1-3H3. The number of benzene rings is 1. The van der Waals surface area contributed by atoms with Crippen LogP contribution in [-0.4, -0.2) is 44.0 Å². The van der Waals surface area contributed by atoms with Crippen LogP contribution in [-0.2, 0) is 9.59 Å². The average molecular weight is 276 g/mol. The summed E-state index contributed by atoms with van der Waals surface area (Å²) in [5.74, 6) is 0.380. The van der Waals surface area contributed by atoms with Crippen molar-refractivity contribution in [3.05, 3.63) is 24.3 Å². The third-order valence-corrected chi connectivity index (χ3v) is 3.70. The van der Waals surface area contributed by atoms with E-state index in [0.717, 1.165) is 5.69 Å². The third kappa shape index (κ3) is 2.61. The summed E-state index contributed by atoms with van der Waals surface area (Å²) >= 11 is 0. The molecule has 1 aromatic carbocycles. The van der Waals surface area contributed by atoms with Crippen LogP contribution in [0.1, 0.15) is 13.3 Å². The first-order valence-corrected chi connectivity index (χ1v) is 6.76. The van der Waals surface area contributed by atoms with Gasteiger partial charge in [0.2, 0.25) is 11.8 Å². The van der Waals surface area contributed by atoms with Crippen molar-refractivity contribution in [1.29, 1.82) is 0 Å². The van der Waals surface area contributed by atoms with Gasteiger partial charge in [-0.2, -0.15) is 0 Å². The Labute approximate surface area is 119 Å². The highest BCUT2D eigenvalue weighted by Crippen LogP contribution is 2.33. The molecule has 1 aromatic rings. The predicted molar refractivity (Wildman–Crippen MR) is 76.8 cm³/mol. The molecule has 2 rings (SSSR count). The van der Waals surface area contributed by atoms with Crippen molar-refractivity contribution in [2.45, 2.75) is 13.3 Å². The van der Waals surface area contributed by atoms with Crippen LogP contribution in [0.15, 0.2) is 24.3 Å². The molecular weight excluding hydrogens is 256 g/mol. The minimum Gasteiger partial charge on any atom is -0.495 e. The van der Waals surface area contributed by atoms with Crippen molar-refractivity contribution in [3.8, 4) is 5.75 Å². The molecule has 1 aliphatic heterocycles. The lowest BCUT2D eigenvalue weighted by molar-refractivity contribution is -0.134. The number of hydrogen-bond acceptors (Lipinski definition) is 3. The van der Waals surface area contributed by atoms with Crippen LogP contribution in [0.3, 0.4) is 0 Å². The third-order valence-electron chi connectivity index (χ3n) is 3.70. The molecule has 0 spiro atoms. The maximum atomic E-state index is 12.2. The molecule has 5 nitrogen and oxygen atoms in total. The van der Waals surface area contributed by atoms with E-state index in [4.69, 9.17) is 4.74 Å². The van der Waals surface area contributed by atoms with E-state index in [1.165, 1.54) is 0 Å². The van der Waals surface area contributed by atoms with Crippen LogP contribution < -0.4 is 9.64 Å².